The lowest BCUT2D eigenvalue weighted by Gasteiger charge is -2.07. The molecule has 1 heterocycles. The highest BCUT2D eigenvalue weighted by atomic mass is 79.9. The normalized spacial score (nSPS) is 10.0. The zero-order valence-corrected chi connectivity index (χ0v) is 11.0. The lowest BCUT2D eigenvalue weighted by atomic mass is 10.2. The fourth-order valence-electron chi connectivity index (χ4n) is 1.41. The number of benzene rings is 1. The van der Waals surface area contributed by atoms with Crippen LogP contribution in [0.1, 0.15) is 5.56 Å². The molecule has 0 atom stereocenters. The van der Waals surface area contributed by atoms with Gasteiger partial charge in [0.2, 0.25) is 0 Å². The van der Waals surface area contributed by atoms with Crippen LogP contribution in [0.4, 0.5) is 11.6 Å². The molecule has 2 rings (SSSR count). The number of rotatable bonds is 4. The number of hydrogen-bond donors (Lipinski definition) is 2. The Kier molecular flexibility index (Phi) is 3.93. The molecule has 0 fully saturated rings. The Balaban J connectivity index is 2.02. The molecule has 0 spiro atoms. The molecule has 2 N–H and O–H groups in total. The van der Waals surface area contributed by atoms with E-state index < -0.39 is 0 Å². The fourth-order valence-corrected chi connectivity index (χ4v) is 1.86. The monoisotopic (exact) mass is 292 g/mol. The molecule has 0 saturated heterocycles. The number of anilines is 2. The first kappa shape index (κ1) is 11.9. The van der Waals surface area contributed by atoms with E-state index in [1.165, 1.54) is 5.56 Å². The number of nitrogens with zero attached hydrogens (tertiary/aromatic N) is 2. The minimum atomic E-state index is 0.723. The third kappa shape index (κ3) is 3.42. The van der Waals surface area contributed by atoms with Crippen LogP contribution in [0.3, 0.4) is 0 Å². The van der Waals surface area contributed by atoms with Crippen molar-refractivity contribution in [3.8, 4) is 0 Å². The van der Waals surface area contributed by atoms with Gasteiger partial charge in [0.25, 0.3) is 0 Å². The van der Waals surface area contributed by atoms with Crippen molar-refractivity contribution < 1.29 is 0 Å². The Morgan fingerprint density at radius 2 is 2.06 bits per heavy atom. The molecular weight excluding hydrogens is 280 g/mol. The third-order valence-corrected chi connectivity index (χ3v) is 2.75. The van der Waals surface area contributed by atoms with E-state index >= 15 is 0 Å². The fraction of sp³-hybridized carbons (Fsp3) is 0.167. The molecule has 1 aromatic heterocycles. The van der Waals surface area contributed by atoms with E-state index in [9.17, 15) is 0 Å². The van der Waals surface area contributed by atoms with Crippen molar-refractivity contribution in [2.24, 2.45) is 0 Å². The summed E-state index contributed by atoms with van der Waals surface area (Å²) < 4.78 is 1.08. The Bertz CT molecular complexity index is 501. The van der Waals surface area contributed by atoms with E-state index in [0.717, 1.165) is 22.7 Å². The highest BCUT2D eigenvalue weighted by Gasteiger charge is 1.98. The van der Waals surface area contributed by atoms with Gasteiger partial charge >= 0.3 is 0 Å². The summed E-state index contributed by atoms with van der Waals surface area (Å²) in [6.07, 6.45) is 3.39. The highest BCUT2D eigenvalue weighted by molar-refractivity contribution is 9.10. The zero-order chi connectivity index (χ0) is 12.1. The van der Waals surface area contributed by atoms with Gasteiger partial charge in [-0.1, -0.05) is 28.1 Å². The Morgan fingerprint density at radius 3 is 2.82 bits per heavy atom. The summed E-state index contributed by atoms with van der Waals surface area (Å²) in [5.74, 6) is 1.51. The molecule has 0 radical (unpaired) electrons. The molecule has 0 saturated carbocycles. The quantitative estimate of drug-likeness (QED) is 0.910. The van der Waals surface area contributed by atoms with Crippen LogP contribution in [-0.4, -0.2) is 17.0 Å². The van der Waals surface area contributed by atoms with Crippen LogP contribution in [0, 0.1) is 0 Å². The van der Waals surface area contributed by atoms with E-state index in [2.05, 4.69) is 48.7 Å². The van der Waals surface area contributed by atoms with Crippen LogP contribution in [-0.2, 0) is 6.54 Å². The third-order valence-electron chi connectivity index (χ3n) is 2.25. The van der Waals surface area contributed by atoms with Crippen molar-refractivity contribution in [2.75, 3.05) is 17.7 Å². The van der Waals surface area contributed by atoms with Crippen LogP contribution in [0.15, 0.2) is 41.1 Å². The summed E-state index contributed by atoms with van der Waals surface area (Å²) in [6.45, 7) is 0.723. The number of hydrogen-bond acceptors (Lipinski definition) is 4. The maximum absolute atomic E-state index is 4.33. The molecule has 17 heavy (non-hydrogen) atoms. The summed E-state index contributed by atoms with van der Waals surface area (Å²) >= 11 is 3.45. The zero-order valence-electron chi connectivity index (χ0n) is 9.44. The summed E-state index contributed by atoms with van der Waals surface area (Å²) in [5, 5.41) is 6.18. The highest BCUT2D eigenvalue weighted by Crippen LogP contribution is 2.13. The molecule has 0 aliphatic rings. The summed E-state index contributed by atoms with van der Waals surface area (Å²) in [4.78, 5) is 8.42. The minimum Gasteiger partial charge on any atom is -0.372 e. The number of halogens is 1. The van der Waals surface area contributed by atoms with Crippen molar-refractivity contribution in [1.82, 2.24) is 9.97 Å². The first-order valence-electron chi connectivity index (χ1n) is 5.26. The lowest BCUT2D eigenvalue weighted by Crippen LogP contribution is -2.03. The van der Waals surface area contributed by atoms with Crippen LogP contribution < -0.4 is 10.6 Å². The topological polar surface area (TPSA) is 49.8 Å². The second-order valence-corrected chi connectivity index (χ2v) is 4.44. The van der Waals surface area contributed by atoms with Crippen molar-refractivity contribution >= 4 is 27.6 Å². The van der Waals surface area contributed by atoms with E-state index in [1.807, 2.05) is 19.2 Å². The SMILES string of the molecule is CNc1cncc(NCc2cccc(Br)c2)n1. The molecule has 1 aromatic carbocycles. The molecule has 0 aliphatic carbocycles. The maximum atomic E-state index is 4.33. The van der Waals surface area contributed by atoms with Crippen LogP contribution >= 0.6 is 15.9 Å². The Morgan fingerprint density at radius 1 is 1.24 bits per heavy atom. The standard InChI is InChI=1S/C12H13BrN4/c1-14-11-7-15-8-12(17-11)16-6-9-3-2-4-10(13)5-9/h2-5,7-8H,6H2,1H3,(H2,14,16,17). The van der Waals surface area contributed by atoms with Gasteiger partial charge in [-0.3, -0.25) is 4.98 Å². The molecule has 2 aromatic rings. The van der Waals surface area contributed by atoms with Crippen LogP contribution in [0.5, 0.6) is 0 Å². The maximum Gasteiger partial charge on any atom is 0.147 e. The van der Waals surface area contributed by atoms with E-state index in [4.69, 9.17) is 0 Å². The van der Waals surface area contributed by atoms with E-state index in [1.54, 1.807) is 12.4 Å². The van der Waals surface area contributed by atoms with E-state index in [-0.39, 0.29) is 0 Å². The molecule has 0 aliphatic heterocycles. The largest absolute Gasteiger partial charge is 0.372 e. The Hall–Kier alpha value is -1.62. The van der Waals surface area contributed by atoms with Crippen molar-refractivity contribution in [2.45, 2.75) is 6.54 Å². The molecule has 4 nitrogen and oxygen atoms in total. The first-order valence-corrected chi connectivity index (χ1v) is 6.05. The van der Waals surface area contributed by atoms with Crippen LogP contribution in [0.25, 0.3) is 0 Å². The number of aromatic nitrogens is 2. The van der Waals surface area contributed by atoms with E-state index in [0.29, 0.717) is 0 Å². The Labute approximate surface area is 109 Å². The van der Waals surface area contributed by atoms with Gasteiger partial charge in [-0.25, -0.2) is 4.98 Å². The lowest BCUT2D eigenvalue weighted by molar-refractivity contribution is 1.08. The number of nitrogens with one attached hydrogen (secondary N) is 2. The molecule has 0 amide bonds. The summed E-state index contributed by atoms with van der Waals surface area (Å²) in [6, 6.07) is 8.15. The summed E-state index contributed by atoms with van der Waals surface area (Å²) in [5.41, 5.74) is 1.19. The minimum absolute atomic E-state index is 0.723. The second kappa shape index (κ2) is 5.63. The van der Waals surface area contributed by atoms with Gasteiger partial charge in [0.15, 0.2) is 0 Å². The molecule has 0 bridgehead atoms. The van der Waals surface area contributed by atoms with Crippen molar-refractivity contribution in [3.05, 3.63) is 46.7 Å². The van der Waals surface area contributed by atoms with Gasteiger partial charge in [0.1, 0.15) is 11.6 Å². The first-order chi connectivity index (χ1) is 8.28. The van der Waals surface area contributed by atoms with Gasteiger partial charge in [0.05, 0.1) is 12.4 Å². The average Bonchev–Trinajstić information content (AvgIpc) is 2.37. The van der Waals surface area contributed by atoms with Gasteiger partial charge in [-0.2, -0.15) is 0 Å². The van der Waals surface area contributed by atoms with Gasteiger partial charge in [-0.15, -0.1) is 0 Å². The van der Waals surface area contributed by atoms with Crippen molar-refractivity contribution in [3.63, 3.8) is 0 Å². The molecule has 5 heteroatoms. The molecule has 88 valence electrons. The predicted octanol–water partition coefficient (Wildman–Crippen LogP) is 2.89. The van der Waals surface area contributed by atoms with Crippen molar-refractivity contribution in [1.29, 1.82) is 0 Å². The second-order valence-electron chi connectivity index (χ2n) is 3.52. The van der Waals surface area contributed by atoms with Gasteiger partial charge in [0, 0.05) is 18.1 Å². The molecular formula is C12H13BrN4. The average molecular weight is 293 g/mol. The van der Waals surface area contributed by atoms with Crippen LogP contribution in [0.2, 0.25) is 0 Å². The summed E-state index contributed by atoms with van der Waals surface area (Å²) in [7, 11) is 1.82. The molecule has 0 unspecified atom stereocenters. The smallest absolute Gasteiger partial charge is 0.147 e. The van der Waals surface area contributed by atoms with Gasteiger partial charge in [-0.05, 0) is 17.7 Å². The van der Waals surface area contributed by atoms with Gasteiger partial charge < -0.3 is 10.6 Å². The predicted molar refractivity (Wildman–Crippen MR) is 73.0 cm³/mol.